The van der Waals surface area contributed by atoms with Crippen molar-refractivity contribution in [1.29, 1.82) is 0 Å². The van der Waals surface area contributed by atoms with Gasteiger partial charge in [0.15, 0.2) is 0 Å². The molecule has 1 aliphatic rings. The highest BCUT2D eigenvalue weighted by atomic mass is 32.1. The zero-order chi connectivity index (χ0) is 15.5. The Morgan fingerprint density at radius 3 is 2.81 bits per heavy atom. The van der Waals surface area contributed by atoms with E-state index < -0.39 is 11.5 Å². The van der Waals surface area contributed by atoms with Gasteiger partial charge in [-0.3, -0.25) is 4.79 Å². The van der Waals surface area contributed by atoms with Gasteiger partial charge in [0.1, 0.15) is 5.54 Å². The number of aryl methyl sites for hydroxylation is 1. The van der Waals surface area contributed by atoms with Gasteiger partial charge < -0.3 is 10.4 Å². The average Bonchev–Trinajstić information content (AvgIpc) is 2.84. The predicted molar refractivity (Wildman–Crippen MR) is 84.2 cm³/mol. The van der Waals surface area contributed by atoms with E-state index in [-0.39, 0.29) is 11.8 Å². The lowest BCUT2D eigenvalue weighted by molar-refractivity contribution is -0.151. The predicted octanol–water partition coefficient (Wildman–Crippen LogP) is 3.22. The van der Waals surface area contributed by atoms with Crippen LogP contribution in [-0.2, 0) is 9.59 Å². The molecule has 0 bridgehead atoms. The Morgan fingerprint density at radius 2 is 2.24 bits per heavy atom. The van der Waals surface area contributed by atoms with Crippen LogP contribution in [0.15, 0.2) is 17.5 Å². The minimum absolute atomic E-state index is 0.0513. The molecule has 4 nitrogen and oxygen atoms in total. The summed E-state index contributed by atoms with van der Waals surface area (Å²) in [7, 11) is 0. The lowest BCUT2D eigenvalue weighted by Gasteiger charge is -2.39. The van der Waals surface area contributed by atoms with Crippen molar-refractivity contribution in [3.8, 4) is 0 Å². The van der Waals surface area contributed by atoms with Gasteiger partial charge in [0, 0.05) is 11.0 Å². The van der Waals surface area contributed by atoms with Crippen molar-refractivity contribution >= 4 is 29.3 Å². The van der Waals surface area contributed by atoms with Gasteiger partial charge in [-0.1, -0.05) is 19.8 Å². The molecular weight excluding hydrogens is 286 g/mol. The van der Waals surface area contributed by atoms with E-state index in [1.54, 1.807) is 17.4 Å². The number of amides is 1. The molecule has 0 spiro atoms. The van der Waals surface area contributed by atoms with E-state index in [4.69, 9.17) is 0 Å². The van der Waals surface area contributed by atoms with Crippen LogP contribution in [0.4, 0.5) is 0 Å². The maximum Gasteiger partial charge on any atom is 0.329 e. The monoisotopic (exact) mass is 307 g/mol. The summed E-state index contributed by atoms with van der Waals surface area (Å²) in [5.74, 6) is -1.31. The van der Waals surface area contributed by atoms with Gasteiger partial charge in [0.2, 0.25) is 5.91 Å². The van der Waals surface area contributed by atoms with E-state index in [1.807, 2.05) is 25.3 Å². The summed E-state index contributed by atoms with van der Waals surface area (Å²) >= 11 is 1.56. The van der Waals surface area contributed by atoms with Crippen LogP contribution in [-0.4, -0.2) is 22.5 Å². The van der Waals surface area contributed by atoms with E-state index in [2.05, 4.69) is 5.32 Å². The number of carbonyl (C=O) groups is 2. The first-order chi connectivity index (χ1) is 9.95. The summed E-state index contributed by atoms with van der Waals surface area (Å²) in [5.41, 5.74) is -0.00695. The van der Waals surface area contributed by atoms with Crippen molar-refractivity contribution in [2.75, 3.05) is 0 Å². The van der Waals surface area contributed by atoms with E-state index >= 15 is 0 Å². The molecule has 2 N–H and O–H groups in total. The quantitative estimate of drug-likeness (QED) is 0.839. The molecule has 21 heavy (non-hydrogen) atoms. The number of nitrogens with one attached hydrogen (secondary N) is 1. The highest BCUT2D eigenvalue weighted by Crippen LogP contribution is 2.34. The molecule has 0 radical (unpaired) electrons. The lowest BCUT2D eigenvalue weighted by Crippen LogP contribution is -2.59. The summed E-state index contributed by atoms with van der Waals surface area (Å²) in [6.07, 6.45) is 6.38. The van der Waals surface area contributed by atoms with Crippen LogP contribution in [0.25, 0.3) is 6.08 Å². The standard InChI is InChI=1S/C16H21NO3S/c1-11-8-10-21-13(11)6-7-14(18)17-16(15(19)20)9-4-3-5-12(16)2/h6-8,10,12H,3-5,9H2,1-2H3,(H,17,18)(H,19,20)/b7-6+. The van der Waals surface area contributed by atoms with Gasteiger partial charge in [0.25, 0.3) is 0 Å². The molecule has 1 heterocycles. The molecule has 1 aromatic rings. The minimum Gasteiger partial charge on any atom is -0.479 e. The number of hydrogen-bond acceptors (Lipinski definition) is 3. The van der Waals surface area contributed by atoms with Crippen molar-refractivity contribution in [2.24, 2.45) is 5.92 Å². The molecule has 1 amide bonds. The molecule has 1 saturated carbocycles. The molecule has 1 aromatic heterocycles. The molecule has 1 aliphatic carbocycles. The molecule has 1 fully saturated rings. The van der Waals surface area contributed by atoms with E-state index in [0.29, 0.717) is 6.42 Å². The Kier molecular flexibility index (Phi) is 4.83. The number of rotatable bonds is 4. The Hall–Kier alpha value is -1.62. The molecule has 0 aliphatic heterocycles. The van der Waals surface area contributed by atoms with Crippen molar-refractivity contribution in [3.63, 3.8) is 0 Å². The zero-order valence-corrected chi connectivity index (χ0v) is 13.2. The number of thiophene rings is 1. The van der Waals surface area contributed by atoms with Gasteiger partial charge in [-0.2, -0.15) is 0 Å². The lowest BCUT2D eigenvalue weighted by atomic mass is 9.73. The number of aliphatic carboxylic acids is 1. The third-order valence-corrected chi connectivity index (χ3v) is 5.30. The molecular formula is C16H21NO3S. The first-order valence-electron chi connectivity index (χ1n) is 7.23. The molecule has 114 valence electrons. The second-order valence-corrected chi connectivity index (χ2v) is 6.66. The van der Waals surface area contributed by atoms with Crippen LogP contribution >= 0.6 is 11.3 Å². The molecule has 2 atom stereocenters. The Balaban J connectivity index is 2.10. The van der Waals surface area contributed by atoms with E-state index in [1.165, 1.54) is 6.08 Å². The van der Waals surface area contributed by atoms with Crippen LogP contribution in [0, 0.1) is 12.8 Å². The minimum atomic E-state index is -1.12. The molecule has 5 heteroatoms. The normalized spacial score (nSPS) is 25.9. The molecule has 2 unspecified atom stereocenters. The Bertz CT molecular complexity index is 564. The molecule has 0 aromatic carbocycles. The topological polar surface area (TPSA) is 66.4 Å². The average molecular weight is 307 g/mol. The zero-order valence-electron chi connectivity index (χ0n) is 12.4. The van der Waals surface area contributed by atoms with Crippen LogP contribution in [0.5, 0.6) is 0 Å². The van der Waals surface area contributed by atoms with Gasteiger partial charge in [0.05, 0.1) is 0 Å². The second-order valence-electron chi connectivity index (χ2n) is 5.71. The summed E-state index contributed by atoms with van der Waals surface area (Å²) < 4.78 is 0. The fourth-order valence-corrected chi connectivity index (χ4v) is 3.69. The van der Waals surface area contributed by atoms with E-state index in [0.717, 1.165) is 29.7 Å². The third-order valence-electron chi connectivity index (χ3n) is 4.32. The van der Waals surface area contributed by atoms with Crippen molar-refractivity contribution in [1.82, 2.24) is 5.32 Å². The fraction of sp³-hybridized carbons (Fsp3) is 0.500. The van der Waals surface area contributed by atoms with Crippen molar-refractivity contribution < 1.29 is 14.7 Å². The maximum atomic E-state index is 12.1. The third kappa shape index (κ3) is 3.35. The largest absolute Gasteiger partial charge is 0.479 e. The highest BCUT2D eigenvalue weighted by molar-refractivity contribution is 7.11. The summed E-state index contributed by atoms with van der Waals surface area (Å²) in [4.78, 5) is 24.8. The first kappa shape index (κ1) is 15.8. The van der Waals surface area contributed by atoms with Crippen molar-refractivity contribution in [2.45, 2.75) is 45.1 Å². The Morgan fingerprint density at radius 1 is 1.48 bits per heavy atom. The van der Waals surface area contributed by atoms with Gasteiger partial charge in [-0.05, 0) is 48.8 Å². The summed E-state index contributed by atoms with van der Waals surface area (Å²) in [6.45, 7) is 3.89. The molecule has 0 saturated heterocycles. The smallest absolute Gasteiger partial charge is 0.329 e. The summed E-state index contributed by atoms with van der Waals surface area (Å²) in [5, 5.41) is 14.3. The number of carbonyl (C=O) groups excluding carboxylic acids is 1. The summed E-state index contributed by atoms with van der Waals surface area (Å²) in [6, 6.07) is 1.99. The van der Waals surface area contributed by atoms with Crippen molar-refractivity contribution in [3.05, 3.63) is 28.0 Å². The van der Waals surface area contributed by atoms with Crippen LogP contribution < -0.4 is 5.32 Å². The molecule has 2 rings (SSSR count). The van der Waals surface area contributed by atoms with Crippen LogP contribution in [0.1, 0.15) is 43.0 Å². The first-order valence-corrected chi connectivity index (χ1v) is 8.11. The van der Waals surface area contributed by atoms with E-state index in [9.17, 15) is 14.7 Å². The maximum absolute atomic E-state index is 12.1. The van der Waals surface area contributed by atoms with Gasteiger partial charge in [-0.25, -0.2) is 4.79 Å². The van der Waals surface area contributed by atoms with Crippen LogP contribution in [0.2, 0.25) is 0 Å². The van der Waals surface area contributed by atoms with Gasteiger partial charge >= 0.3 is 5.97 Å². The number of hydrogen-bond donors (Lipinski definition) is 2. The SMILES string of the molecule is Cc1ccsc1/C=C/C(=O)NC1(C(=O)O)CCCCC1C. The second kappa shape index (κ2) is 6.43. The Labute approximate surface area is 128 Å². The number of carboxylic acid groups (broad SMARTS) is 1. The number of carboxylic acids is 1. The van der Waals surface area contributed by atoms with Crippen LogP contribution in [0.3, 0.4) is 0 Å². The highest BCUT2D eigenvalue weighted by Gasteiger charge is 2.45. The fourth-order valence-electron chi connectivity index (χ4n) is 2.87. The van der Waals surface area contributed by atoms with Gasteiger partial charge in [-0.15, -0.1) is 11.3 Å².